The summed E-state index contributed by atoms with van der Waals surface area (Å²) in [6.07, 6.45) is 0. The summed E-state index contributed by atoms with van der Waals surface area (Å²) in [6, 6.07) is 0. The zero-order chi connectivity index (χ0) is 12.7. The molecule has 0 spiro atoms. The summed E-state index contributed by atoms with van der Waals surface area (Å²) in [5.41, 5.74) is -0.0291. The monoisotopic (exact) mass is 240 g/mol. The van der Waals surface area contributed by atoms with Crippen molar-refractivity contribution in [2.75, 3.05) is 32.7 Å². The highest BCUT2D eigenvalue weighted by Crippen LogP contribution is 2.29. The van der Waals surface area contributed by atoms with E-state index < -0.39 is 0 Å². The Bertz CT molecular complexity index is 255. The van der Waals surface area contributed by atoms with Crippen LogP contribution in [0.2, 0.25) is 0 Å². The fraction of sp³-hybridized carbons (Fsp3) is 1.00. The zero-order valence-corrected chi connectivity index (χ0v) is 12.0. The molecule has 2 rings (SSSR count). The van der Waals surface area contributed by atoms with Gasteiger partial charge in [0.2, 0.25) is 0 Å². The fourth-order valence-corrected chi connectivity index (χ4v) is 3.34. The van der Waals surface area contributed by atoms with Crippen LogP contribution >= 0.6 is 0 Å². The van der Waals surface area contributed by atoms with Crippen LogP contribution in [0.5, 0.6) is 0 Å². The molecule has 2 fully saturated rings. The van der Waals surface area contributed by atoms with E-state index in [1.807, 2.05) is 0 Å². The van der Waals surface area contributed by atoms with Crippen molar-refractivity contribution >= 4 is 0 Å². The number of hydrogen-bond donors (Lipinski definition) is 1. The van der Waals surface area contributed by atoms with Gasteiger partial charge in [0.1, 0.15) is 0 Å². The Morgan fingerprint density at radius 1 is 1.18 bits per heavy atom. The molecule has 3 heteroatoms. The maximum Gasteiger partial charge on any atom is 0.0760 e. The third-order valence-electron chi connectivity index (χ3n) is 3.93. The summed E-state index contributed by atoms with van der Waals surface area (Å²) in [5, 5.41) is 3.37. The Kier molecular flexibility index (Phi) is 3.54. The maximum atomic E-state index is 6.12. The minimum atomic E-state index is -0.0146. The smallest absolute Gasteiger partial charge is 0.0760 e. The highest BCUT2D eigenvalue weighted by Gasteiger charge is 2.39. The first kappa shape index (κ1) is 13.3. The van der Waals surface area contributed by atoms with Crippen LogP contribution in [0, 0.1) is 11.8 Å². The van der Waals surface area contributed by atoms with Gasteiger partial charge in [-0.25, -0.2) is 0 Å². The summed E-state index contributed by atoms with van der Waals surface area (Å²) in [4.78, 5) is 2.59. The van der Waals surface area contributed by atoms with E-state index in [2.05, 4.69) is 44.8 Å². The maximum absolute atomic E-state index is 6.12. The SMILES string of the molecule is CC(CN1CC(C)(C)OC(C)(C)C1)C1CNC1. The van der Waals surface area contributed by atoms with Gasteiger partial charge in [0.15, 0.2) is 0 Å². The van der Waals surface area contributed by atoms with E-state index in [1.165, 1.54) is 19.6 Å². The van der Waals surface area contributed by atoms with Gasteiger partial charge in [-0.05, 0) is 52.6 Å². The molecule has 100 valence electrons. The second kappa shape index (κ2) is 4.52. The van der Waals surface area contributed by atoms with Crippen molar-refractivity contribution in [2.45, 2.75) is 45.8 Å². The third-order valence-corrected chi connectivity index (χ3v) is 3.93. The van der Waals surface area contributed by atoms with Gasteiger partial charge in [-0.2, -0.15) is 0 Å². The van der Waals surface area contributed by atoms with Crippen molar-refractivity contribution < 1.29 is 4.74 Å². The second-order valence-electron chi connectivity index (χ2n) is 7.19. The van der Waals surface area contributed by atoms with E-state index in [4.69, 9.17) is 4.74 Å². The molecule has 2 aliphatic rings. The second-order valence-corrected chi connectivity index (χ2v) is 7.19. The van der Waals surface area contributed by atoms with E-state index in [-0.39, 0.29) is 11.2 Å². The molecule has 1 atom stereocenters. The highest BCUT2D eigenvalue weighted by molar-refractivity contribution is 4.91. The standard InChI is InChI=1S/C14H28N2O/c1-11(12-6-15-7-12)8-16-9-13(2,3)17-14(4,5)10-16/h11-12,15H,6-10H2,1-5H3. The number of ether oxygens (including phenoxy) is 1. The number of hydrogen-bond acceptors (Lipinski definition) is 3. The van der Waals surface area contributed by atoms with Crippen molar-refractivity contribution in [3.63, 3.8) is 0 Å². The normalized spacial score (nSPS) is 30.9. The van der Waals surface area contributed by atoms with Gasteiger partial charge in [-0.15, -0.1) is 0 Å². The predicted octanol–water partition coefficient (Wildman–Crippen LogP) is 1.73. The lowest BCUT2D eigenvalue weighted by Gasteiger charge is -2.48. The number of morpholine rings is 1. The minimum Gasteiger partial charge on any atom is -0.367 e. The Balaban J connectivity index is 1.91. The highest BCUT2D eigenvalue weighted by atomic mass is 16.5. The predicted molar refractivity (Wildman–Crippen MR) is 71.2 cm³/mol. The lowest BCUT2D eigenvalue weighted by molar-refractivity contribution is -0.182. The molecule has 0 saturated carbocycles. The molecule has 2 saturated heterocycles. The molecule has 0 amide bonds. The van der Waals surface area contributed by atoms with Crippen molar-refractivity contribution in [1.82, 2.24) is 10.2 Å². The molecule has 3 nitrogen and oxygen atoms in total. The first-order chi connectivity index (χ1) is 7.77. The molecular formula is C14H28N2O. The van der Waals surface area contributed by atoms with Gasteiger partial charge < -0.3 is 10.1 Å². The van der Waals surface area contributed by atoms with Gasteiger partial charge in [0, 0.05) is 19.6 Å². The molecule has 2 heterocycles. The number of nitrogens with one attached hydrogen (secondary N) is 1. The Morgan fingerprint density at radius 3 is 2.12 bits per heavy atom. The van der Waals surface area contributed by atoms with E-state index in [0.29, 0.717) is 0 Å². The van der Waals surface area contributed by atoms with Crippen molar-refractivity contribution in [2.24, 2.45) is 11.8 Å². The van der Waals surface area contributed by atoms with Gasteiger partial charge in [-0.1, -0.05) is 6.92 Å². The van der Waals surface area contributed by atoms with Crippen LogP contribution in [-0.4, -0.2) is 48.8 Å². The summed E-state index contributed by atoms with van der Waals surface area (Å²) in [6.45, 7) is 16.9. The van der Waals surface area contributed by atoms with Crippen LogP contribution in [-0.2, 0) is 4.74 Å². The van der Waals surface area contributed by atoms with Crippen LogP contribution < -0.4 is 5.32 Å². The number of nitrogens with zero attached hydrogens (tertiary/aromatic N) is 1. The molecule has 0 aliphatic carbocycles. The summed E-state index contributed by atoms with van der Waals surface area (Å²) in [7, 11) is 0. The fourth-order valence-electron chi connectivity index (χ4n) is 3.34. The molecule has 17 heavy (non-hydrogen) atoms. The lowest BCUT2D eigenvalue weighted by atomic mass is 9.87. The van der Waals surface area contributed by atoms with Crippen LogP contribution in [0.1, 0.15) is 34.6 Å². The average molecular weight is 240 g/mol. The zero-order valence-electron chi connectivity index (χ0n) is 12.0. The van der Waals surface area contributed by atoms with E-state index in [0.717, 1.165) is 24.9 Å². The molecule has 0 aromatic rings. The van der Waals surface area contributed by atoms with Crippen LogP contribution in [0.3, 0.4) is 0 Å². The third kappa shape index (κ3) is 3.43. The first-order valence-corrected chi connectivity index (χ1v) is 6.91. The van der Waals surface area contributed by atoms with E-state index in [9.17, 15) is 0 Å². The Hall–Kier alpha value is -0.120. The Morgan fingerprint density at radius 2 is 1.71 bits per heavy atom. The van der Waals surface area contributed by atoms with E-state index in [1.54, 1.807) is 0 Å². The summed E-state index contributed by atoms with van der Waals surface area (Å²) < 4.78 is 6.12. The lowest BCUT2D eigenvalue weighted by Crippen LogP contribution is -2.59. The van der Waals surface area contributed by atoms with Gasteiger partial charge in [0.05, 0.1) is 11.2 Å². The van der Waals surface area contributed by atoms with Crippen LogP contribution in [0.25, 0.3) is 0 Å². The minimum absolute atomic E-state index is 0.0146. The Labute approximate surface area is 106 Å². The topological polar surface area (TPSA) is 24.5 Å². The van der Waals surface area contributed by atoms with Crippen molar-refractivity contribution in [3.8, 4) is 0 Å². The largest absolute Gasteiger partial charge is 0.367 e. The molecule has 1 unspecified atom stereocenters. The van der Waals surface area contributed by atoms with Gasteiger partial charge in [-0.3, -0.25) is 4.90 Å². The van der Waals surface area contributed by atoms with Gasteiger partial charge >= 0.3 is 0 Å². The van der Waals surface area contributed by atoms with Crippen molar-refractivity contribution in [3.05, 3.63) is 0 Å². The molecule has 2 aliphatic heterocycles. The summed E-state index contributed by atoms with van der Waals surface area (Å²) >= 11 is 0. The molecule has 0 bridgehead atoms. The molecular weight excluding hydrogens is 212 g/mol. The molecule has 0 radical (unpaired) electrons. The van der Waals surface area contributed by atoms with Crippen LogP contribution in [0.4, 0.5) is 0 Å². The molecule has 0 aromatic heterocycles. The first-order valence-electron chi connectivity index (χ1n) is 6.91. The van der Waals surface area contributed by atoms with Crippen LogP contribution in [0.15, 0.2) is 0 Å². The molecule has 1 N–H and O–H groups in total. The van der Waals surface area contributed by atoms with Gasteiger partial charge in [0.25, 0.3) is 0 Å². The summed E-state index contributed by atoms with van der Waals surface area (Å²) in [5.74, 6) is 1.67. The quantitative estimate of drug-likeness (QED) is 0.813. The average Bonchev–Trinajstić information content (AvgIpc) is 1.91. The van der Waals surface area contributed by atoms with E-state index >= 15 is 0 Å². The van der Waals surface area contributed by atoms with Crippen molar-refractivity contribution in [1.29, 1.82) is 0 Å². The molecule has 0 aromatic carbocycles. The number of rotatable bonds is 3.